The van der Waals surface area contributed by atoms with Crippen LogP contribution in [0.25, 0.3) is 16.3 Å². The number of thiazole rings is 1. The van der Waals surface area contributed by atoms with Gasteiger partial charge in [0.05, 0.1) is 21.7 Å². The summed E-state index contributed by atoms with van der Waals surface area (Å²) in [6.07, 6.45) is 5.14. The van der Waals surface area contributed by atoms with Crippen LogP contribution in [-0.2, 0) is 11.3 Å². The Kier molecular flexibility index (Phi) is 6.63. The summed E-state index contributed by atoms with van der Waals surface area (Å²) in [5, 5.41) is 11.5. The van der Waals surface area contributed by atoms with Crippen LogP contribution in [0.15, 0.2) is 83.8 Å². The summed E-state index contributed by atoms with van der Waals surface area (Å²) in [5.74, 6) is -0.211. The topological polar surface area (TPSA) is 76.3 Å². The molecule has 160 valence electrons. The fraction of sp³-hybridized carbons (Fsp3) is 0.0833. The molecule has 0 radical (unpaired) electrons. The van der Waals surface area contributed by atoms with Crippen LogP contribution in [-0.4, -0.2) is 22.1 Å². The third kappa shape index (κ3) is 4.87. The lowest BCUT2D eigenvalue weighted by molar-refractivity contribution is -0.384. The molecular weight excluding hydrogens is 442 g/mol. The first-order chi connectivity index (χ1) is 15.5. The number of anilines is 1. The summed E-state index contributed by atoms with van der Waals surface area (Å²) in [6, 6.07) is 21.9. The normalized spacial score (nSPS) is 11.2. The second kappa shape index (κ2) is 9.76. The first-order valence-electron chi connectivity index (χ1n) is 9.76. The van der Waals surface area contributed by atoms with Crippen molar-refractivity contribution in [1.82, 2.24) is 4.98 Å². The van der Waals surface area contributed by atoms with Gasteiger partial charge in [-0.25, -0.2) is 4.98 Å². The molecule has 0 bridgehead atoms. The molecule has 3 aromatic carbocycles. The van der Waals surface area contributed by atoms with Gasteiger partial charge in [-0.15, -0.1) is 11.8 Å². The number of para-hydroxylation sites is 1. The molecule has 6 nitrogen and oxygen atoms in total. The SMILES string of the molecule is CSc1cccc2sc(N(Cc3ccccc3)C(=O)/C=C\c3ccc([N+](=O)[O-])cc3)nc12. The fourth-order valence-electron chi connectivity index (χ4n) is 3.16. The molecule has 0 aliphatic carbocycles. The van der Waals surface area contributed by atoms with Crippen LogP contribution in [0.2, 0.25) is 0 Å². The van der Waals surface area contributed by atoms with Crippen molar-refractivity contribution in [1.29, 1.82) is 0 Å². The summed E-state index contributed by atoms with van der Waals surface area (Å²) in [6.45, 7) is 0.388. The molecule has 4 aromatic rings. The van der Waals surface area contributed by atoms with E-state index in [2.05, 4.69) is 0 Å². The Morgan fingerprint density at radius 3 is 2.53 bits per heavy atom. The van der Waals surface area contributed by atoms with E-state index in [-0.39, 0.29) is 11.6 Å². The Labute approximate surface area is 193 Å². The molecule has 1 amide bonds. The number of hydrogen-bond acceptors (Lipinski definition) is 6. The van der Waals surface area contributed by atoms with E-state index >= 15 is 0 Å². The maximum atomic E-state index is 13.2. The molecular formula is C24H19N3O3S2. The van der Waals surface area contributed by atoms with E-state index in [1.165, 1.54) is 29.5 Å². The first-order valence-corrected chi connectivity index (χ1v) is 11.8. The van der Waals surface area contributed by atoms with E-state index in [0.717, 1.165) is 20.7 Å². The fourth-order valence-corrected chi connectivity index (χ4v) is 4.79. The second-order valence-corrected chi connectivity index (χ2v) is 8.75. The summed E-state index contributed by atoms with van der Waals surface area (Å²) >= 11 is 3.11. The zero-order valence-corrected chi connectivity index (χ0v) is 18.8. The Bertz CT molecular complexity index is 1290. The minimum atomic E-state index is -0.448. The van der Waals surface area contributed by atoms with E-state index in [0.29, 0.717) is 17.2 Å². The van der Waals surface area contributed by atoms with Crippen LogP contribution < -0.4 is 4.90 Å². The predicted octanol–water partition coefficient (Wildman–Crippen LogP) is 6.17. The third-order valence-corrected chi connectivity index (χ3v) is 6.61. The highest BCUT2D eigenvalue weighted by molar-refractivity contribution is 7.98. The number of carbonyl (C=O) groups is 1. The Morgan fingerprint density at radius 2 is 1.84 bits per heavy atom. The largest absolute Gasteiger partial charge is 0.280 e. The highest BCUT2D eigenvalue weighted by Crippen LogP contribution is 2.34. The lowest BCUT2D eigenvalue weighted by Crippen LogP contribution is -2.28. The van der Waals surface area contributed by atoms with Gasteiger partial charge < -0.3 is 0 Å². The molecule has 1 aromatic heterocycles. The number of nitrogens with zero attached hydrogens (tertiary/aromatic N) is 3. The van der Waals surface area contributed by atoms with E-state index in [1.807, 2.05) is 54.8 Å². The maximum Gasteiger partial charge on any atom is 0.269 e. The van der Waals surface area contributed by atoms with Crippen molar-refractivity contribution in [3.05, 3.63) is 100 Å². The number of nitro groups is 1. The molecule has 0 atom stereocenters. The Balaban J connectivity index is 1.66. The lowest BCUT2D eigenvalue weighted by atomic mass is 10.2. The van der Waals surface area contributed by atoms with Crippen LogP contribution >= 0.6 is 23.1 Å². The lowest BCUT2D eigenvalue weighted by Gasteiger charge is -2.18. The van der Waals surface area contributed by atoms with E-state index in [1.54, 1.807) is 34.9 Å². The third-order valence-electron chi connectivity index (χ3n) is 4.79. The van der Waals surface area contributed by atoms with Crippen LogP contribution in [0.4, 0.5) is 10.8 Å². The monoisotopic (exact) mass is 461 g/mol. The average Bonchev–Trinajstić information content (AvgIpc) is 3.26. The molecule has 0 N–H and O–H groups in total. The van der Waals surface area contributed by atoms with Gasteiger partial charge in [-0.1, -0.05) is 47.7 Å². The molecule has 4 rings (SSSR count). The van der Waals surface area contributed by atoms with Gasteiger partial charge in [0.2, 0.25) is 0 Å². The number of carbonyl (C=O) groups excluding carboxylic acids is 1. The zero-order valence-electron chi connectivity index (χ0n) is 17.2. The molecule has 8 heteroatoms. The van der Waals surface area contributed by atoms with E-state index in [9.17, 15) is 14.9 Å². The molecule has 0 aliphatic heterocycles. The van der Waals surface area contributed by atoms with E-state index in [4.69, 9.17) is 4.98 Å². The van der Waals surface area contributed by atoms with Crippen molar-refractivity contribution in [2.24, 2.45) is 0 Å². The van der Waals surface area contributed by atoms with Crippen molar-refractivity contribution in [3.8, 4) is 0 Å². The number of thioether (sulfide) groups is 1. The van der Waals surface area contributed by atoms with Crippen LogP contribution in [0.1, 0.15) is 11.1 Å². The minimum absolute atomic E-state index is 0.0123. The number of nitro benzene ring substituents is 1. The van der Waals surface area contributed by atoms with Crippen LogP contribution in [0, 0.1) is 10.1 Å². The maximum absolute atomic E-state index is 13.2. The number of aromatic nitrogens is 1. The predicted molar refractivity (Wildman–Crippen MR) is 131 cm³/mol. The number of hydrogen-bond donors (Lipinski definition) is 0. The van der Waals surface area contributed by atoms with Crippen molar-refractivity contribution in [3.63, 3.8) is 0 Å². The summed E-state index contributed by atoms with van der Waals surface area (Å²) in [5.41, 5.74) is 2.61. The Hall–Kier alpha value is -3.49. The van der Waals surface area contributed by atoms with Crippen molar-refractivity contribution < 1.29 is 9.72 Å². The zero-order chi connectivity index (χ0) is 22.5. The summed E-state index contributed by atoms with van der Waals surface area (Å²) < 4.78 is 1.03. The van der Waals surface area contributed by atoms with Gasteiger partial charge in [0, 0.05) is 23.1 Å². The number of non-ortho nitro benzene ring substituents is 1. The second-order valence-electron chi connectivity index (χ2n) is 6.90. The van der Waals surface area contributed by atoms with Gasteiger partial charge in [-0.05, 0) is 47.7 Å². The number of benzene rings is 3. The van der Waals surface area contributed by atoms with Crippen molar-refractivity contribution in [2.45, 2.75) is 11.4 Å². The van der Waals surface area contributed by atoms with Gasteiger partial charge in [-0.3, -0.25) is 19.8 Å². The molecule has 1 heterocycles. The van der Waals surface area contributed by atoms with E-state index < -0.39 is 4.92 Å². The van der Waals surface area contributed by atoms with Gasteiger partial charge in [0.1, 0.15) is 0 Å². The molecule has 0 aliphatic rings. The standard InChI is InChI=1S/C24H19N3O3S2/c1-31-20-8-5-9-21-23(20)25-24(32-21)26(16-18-6-3-2-4-7-18)22(28)15-12-17-10-13-19(14-11-17)27(29)30/h2-15H,16H2,1H3/b15-12-. The number of amides is 1. The summed E-state index contributed by atoms with van der Waals surface area (Å²) in [4.78, 5) is 31.1. The molecule has 0 spiro atoms. The minimum Gasteiger partial charge on any atom is -0.280 e. The first kappa shape index (κ1) is 21.7. The number of fused-ring (bicyclic) bond motifs is 1. The number of rotatable bonds is 7. The van der Waals surface area contributed by atoms with Crippen LogP contribution in [0.3, 0.4) is 0 Å². The van der Waals surface area contributed by atoms with Crippen molar-refractivity contribution >= 4 is 56.1 Å². The molecule has 0 fully saturated rings. The Morgan fingerprint density at radius 1 is 1.09 bits per heavy atom. The highest BCUT2D eigenvalue weighted by atomic mass is 32.2. The van der Waals surface area contributed by atoms with Gasteiger partial charge in [-0.2, -0.15) is 0 Å². The molecule has 32 heavy (non-hydrogen) atoms. The van der Waals surface area contributed by atoms with Gasteiger partial charge >= 0.3 is 0 Å². The molecule has 0 saturated heterocycles. The summed E-state index contributed by atoms with van der Waals surface area (Å²) in [7, 11) is 0. The quantitative estimate of drug-likeness (QED) is 0.142. The smallest absolute Gasteiger partial charge is 0.269 e. The average molecular weight is 462 g/mol. The molecule has 0 saturated carbocycles. The molecule has 0 unspecified atom stereocenters. The van der Waals surface area contributed by atoms with Crippen LogP contribution in [0.5, 0.6) is 0 Å². The highest BCUT2D eigenvalue weighted by Gasteiger charge is 2.19. The van der Waals surface area contributed by atoms with Crippen molar-refractivity contribution in [2.75, 3.05) is 11.2 Å². The van der Waals surface area contributed by atoms with Gasteiger partial charge in [0.25, 0.3) is 11.6 Å². The van der Waals surface area contributed by atoms with Gasteiger partial charge in [0.15, 0.2) is 5.13 Å².